The zero-order valence-corrected chi connectivity index (χ0v) is 22.1. The number of sulfone groups is 2. The fraction of sp³-hybridized carbons (Fsp3) is 0.538. The van der Waals surface area contributed by atoms with Crippen LogP contribution in [0.4, 0.5) is 8.78 Å². The largest absolute Gasteiger partial charge is 0.490 e. The average Bonchev–Trinajstić information content (AvgIpc) is 3.41. The normalized spacial score (nSPS) is 26.8. The second-order valence-electron chi connectivity index (χ2n) is 10.2. The van der Waals surface area contributed by atoms with E-state index in [1.165, 1.54) is 24.3 Å². The van der Waals surface area contributed by atoms with Crippen molar-refractivity contribution in [3.63, 3.8) is 0 Å². The third-order valence-electron chi connectivity index (χ3n) is 8.37. The molecule has 2 aromatic rings. The number of halogens is 3. The van der Waals surface area contributed by atoms with Crippen molar-refractivity contribution in [2.75, 3.05) is 12.4 Å². The van der Waals surface area contributed by atoms with Gasteiger partial charge in [0.2, 0.25) is 0 Å². The van der Waals surface area contributed by atoms with E-state index in [0.717, 1.165) is 25.0 Å². The molecule has 5 rings (SSSR count). The summed E-state index contributed by atoms with van der Waals surface area (Å²) in [7, 11) is -7.57. The molecule has 0 saturated heterocycles. The summed E-state index contributed by atoms with van der Waals surface area (Å²) in [5, 5.41) is 0.00441. The van der Waals surface area contributed by atoms with Gasteiger partial charge in [-0.2, -0.15) is 0 Å². The number of benzene rings is 2. The van der Waals surface area contributed by atoms with E-state index in [-0.39, 0.29) is 52.6 Å². The first-order valence-corrected chi connectivity index (χ1v) is 16.0. The summed E-state index contributed by atoms with van der Waals surface area (Å²) in [5.41, 5.74) is -0.281. The molecular weight excluding hydrogens is 530 g/mol. The molecule has 0 amide bonds. The van der Waals surface area contributed by atoms with Crippen LogP contribution in [0.5, 0.6) is 5.75 Å². The smallest absolute Gasteiger partial charge is 0.188 e. The van der Waals surface area contributed by atoms with Crippen molar-refractivity contribution >= 4 is 31.3 Å². The summed E-state index contributed by atoms with van der Waals surface area (Å²) in [6.07, 6.45) is 4.49. The molecule has 1 heterocycles. The highest BCUT2D eigenvalue weighted by Gasteiger charge is 2.60. The molecule has 3 aliphatic rings. The molecule has 2 saturated carbocycles. The van der Waals surface area contributed by atoms with Gasteiger partial charge in [0.15, 0.2) is 31.2 Å². The lowest BCUT2D eigenvalue weighted by Crippen LogP contribution is -2.54. The lowest BCUT2D eigenvalue weighted by molar-refractivity contribution is 0.0735. The van der Waals surface area contributed by atoms with Gasteiger partial charge >= 0.3 is 0 Å². The van der Waals surface area contributed by atoms with Gasteiger partial charge in [-0.15, -0.1) is 0 Å². The molecule has 2 aliphatic carbocycles. The molecule has 36 heavy (non-hydrogen) atoms. The Balaban J connectivity index is 1.60. The third kappa shape index (κ3) is 4.15. The molecule has 0 spiro atoms. The Morgan fingerprint density at radius 1 is 0.917 bits per heavy atom. The van der Waals surface area contributed by atoms with Crippen LogP contribution in [0.1, 0.15) is 56.9 Å². The number of fused-ring (bicyclic) bond motifs is 3. The Morgan fingerprint density at radius 3 is 2.28 bits per heavy atom. The Bertz CT molecular complexity index is 1360. The molecule has 5 nitrogen and oxygen atoms in total. The summed E-state index contributed by atoms with van der Waals surface area (Å²) in [6, 6.07) is 7.54. The van der Waals surface area contributed by atoms with E-state index in [1.54, 1.807) is 0 Å². The SMILES string of the molecule is O=S(=O)(CC[C@@H]1CCC[C@@]2(S(=O)(=O)c3ccc(Cl)cc3)c3c(F)ccc(F)c3OC[C@@H]12)C1CCCC1. The van der Waals surface area contributed by atoms with Gasteiger partial charge in [-0.05, 0) is 74.4 Å². The lowest BCUT2D eigenvalue weighted by Gasteiger charge is -2.50. The second kappa shape index (κ2) is 9.55. The minimum Gasteiger partial charge on any atom is -0.490 e. The van der Waals surface area contributed by atoms with E-state index in [4.69, 9.17) is 16.3 Å². The average molecular weight is 559 g/mol. The minimum absolute atomic E-state index is 0.0346. The van der Waals surface area contributed by atoms with Gasteiger partial charge in [0.05, 0.1) is 28.1 Å². The van der Waals surface area contributed by atoms with Crippen LogP contribution in [0.15, 0.2) is 41.3 Å². The van der Waals surface area contributed by atoms with Gasteiger partial charge in [-0.25, -0.2) is 25.6 Å². The molecule has 0 N–H and O–H groups in total. The first-order valence-electron chi connectivity index (χ1n) is 12.4. The molecule has 0 bridgehead atoms. The monoisotopic (exact) mass is 558 g/mol. The molecule has 10 heteroatoms. The van der Waals surface area contributed by atoms with Crippen LogP contribution in [0.3, 0.4) is 0 Å². The molecule has 1 aliphatic heterocycles. The molecule has 3 atom stereocenters. The van der Waals surface area contributed by atoms with E-state index in [2.05, 4.69) is 0 Å². The Morgan fingerprint density at radius 2 is 1.58 bits per heavy atom. The maximum absolute atomic E-state index is 15.5. The highest BCUT2D eigenvalue weighted by Crippen LogP contribution is 2.58. The van der Waals surface area contributed by atoms with E-state index < -0.39 is 42.0 Å². The van der Waals surface area contributed by atoms with E-state index in [9.17, 15) is 21.2 Å². The summed E-state index contributed by atoms with van der Waals surface area (Å²) >= 11 is 5.99. The van der Waals surface area contributed by atoms with Crippen molar-refractivity contribution in [2.24, 2.45) is 11.8 Å². The third-order valence-corrected chi connectivity index (χ3v) is 13.5. The van der Waals surface area contributed by atoms with Gasteiger partial charge in [0, 0.05) is 10.9 Å². The van der Waals surface area contributed by atoms with Crippen LogP contribution in [-0.2, 0) is 24.4 Å². The van der Waals surface area contributed by atoms with E-state index >= 15 is 4.39 Å². The first-order chi connectivity index (χ1) is 17.1. The van der Waals surface area contributed by atoms with Crippen molar-refractivity contribution < 1.29 is 30.4 Å². The van der Waals surface area contributed by atoms with Crippen LogP contribution in [-0.4, -0.2) is 34.4 Å². The standard InChI is InChI=1S/C26H29ClF2O5S2/c27-18-7-9-20(10-8-18)36(32,33)26-14-3-4-17(13-15-35(30,31)19-5-1-2-6-19)21(26)16-34-25-23(29)12-11-22(28)24(25)26/h7-12,17,19,21H,1-6,13-16H2/t17-,21-,26-/m0/s1. The fourth-order valence-electron chi connectivity index (χ4n) is 6.58. The molecule has 2 fully saturated rings. The predicted octanol–water partition coefficient (Wildman–Crippen LogP) is 5.84. The van der Waals surface area contributed by atoms with Crippen LogP contribution >= 0.6 is 11.6 Å². The Labute approximate surface area is 216 Å². The molecule has 0 unspecified atom stereocenters. The molecule has 2 aromatic carbocycles. The number of rotatable bonds is 6. The maximum Gasteiger partial charge on any atom is 0.188 e. The maximum atomic E-state index is 15.5. The van der Waals surface area contributed by atoms with Gasteiger partial charge < -0.3 is 4.74 Å². The van der Waals surface area contributed by atoms with Crippen molar-refractivity contribution in [3.05, 3.63) is 58.6 Å². The van der Waals surface area contributed by atoms with E-state index in [0.29, 0.717) is 30.7 Å². The van der Waals surface area contributed by atoms with Gasteiger partial charge in [0.25, 0.3) is 0 Å². The Kier molecular flexibility index (Phi) is 6.88. The van der Waals surface area contributed by atoms with Crippen molar-refractivity contribution in [1.29, 1.82) is 0 Å². The summed E-state index contributed by atoms with van der Waals surface area (Å²) < 4.78 is 88.8. The van der Waals surface area contributed by atoms with Crippen LogP contribution in [0.2, 0.25) is 5.02 Å². The van der Waals surface area contributed by atoms with Gasteiger partial charge in [-0.3, -0.25) is 0 Å². The molecule has 0 aromatic heterocycles. The highest BCUT2D eigenvalue weighted by atomic mass is 35.5. The number of hydrogen-bond donors (Lipinski definition) is 0. The van der Waals surface area contributed by atoms with Gasteiger partial charge in [0.1, 0.15) is 10.6 Å². The minimum atomic E-state index is -4.25. The summed E-state index contributed by atoms with van der Waals surface area (Å²) in [4.78, 5) is -0.0346. The Hall–Kier alpha value is -1.71. The predicted molar refractivity (Wildman–Crippen MR) is 134 cm³/mol. The van der Waals surface area contributed by atoms with Crippen LogP contribution < -0.4 is 4.74 Å². The quantitative estimate of drug-likeness (QED) is 0.445. The lowest BCUT2D eigenvalue weighted by atomic mass is 9.66. The van der Waals surface area contributed by atoms with Crippen molar-refractivity contribution in [3.8, 4) is 5.75 Å². The van der Waals surface area contributed by atoms with Crippen LogP contribution in [0.25, 0.3) is 0 Å². The summed E-state index contributed by atoms with van der Waals surface area (Å²) in [5.74, 6) is -3.14. The number of ether oxygens (including phenoxy) is 1. The molecular formula is C26H29ClF2O5S2. The topological polar surface area (TPSA) is 77.5 Å². The van der Waals surface area contributed by atoms with Gasteiger partial charge in [-0.1, -0.05) is 30.9 Å². The second-order valence-corrected chi connectivity index (χ2v) is 15.3. The zero-order chi connectivity index (χ0) is 25.7. The zero-order valence-electron chi connectivity index (χ0n) is 19.8. The summed E-state index contributed by atoms with van der Waals surface area (Å²) in [6.45, 7) is -0.131. The number of hydrogen-bond acceptors (Lipinski definition) is 5. The van der Waals surface area contributed by atoms with E-state index in [1.807, 2.05) is 0 Å². The van der Waals surface area contributed by atoms with Crippen LogP contribution in [0, 0.1) is 23.5 Å². The fourth-order valence-corrected chi connectivity index (χ4v) is 11.2. The highest BCUT2D eigenvalue weighted by molar-refractivity contribution is 7.92. The van der Waals surface area contributed by atoms with Crippen molar-refractivity contribution in [1.82, 2.24) is 0 Å². The molecule has 0 radical (unpaired) electrons. The first kappa shape index (κ1) is 25.9. The molecule has 196 valence electrons. The van der Waals surface area contributed by atoms with Crippen molar-refractivity contribution in [2.45, 2.75) is 66.3 Å².